The lowest BCUT2D eigenvalue weighted by atomic mass is 9.95. The average molecular weight is 544 g/mol. The number of fused-ring (bicyclic) bond motifs is 1. The van der Waals surface area contributed by atoms with Crippen molar-refractivity contribution in [3.8, 4) is 0 Å². The number of nitrogens with one attached hydrogen (secondary N) is 2. The summed E-state index contributed by atoms with van der Waals surface area (Å²) in [4.78, 5) is 18.8. The van der Waals surface area contributed by atoms with Gasteiger partial charge in [-0.05, 0) is 60.7 Å². The number of hydrogen-bond acceptors (Lipinski definition) is 7. The summed E-state index contributed by atoms with van der Waals surface area (Å²) in [5.74, 6) is 0.251. The van der Waals surface area contributed by atoms with Gasteiger partial charge >= 0.3 is 0 Å². The summed E-state index contributed by atoms with van der Waals surface area (Å²) >= 11 is 7.36. The van der Waals surface area contributed by atoms with Crippen LogP contribution in [-0.4, -0.2) is 42.8 Å². The van der Waals surface area contributed by atoms with Crippen LogP contribution in [0.1, 0.15) is 42.7 Å². The van der Waals surface area contributed by atoms with E-state index in [2.05, 4.69) is 42.5 Å². The first-order valence-electron chi connectivity index (χ1n) is 11.8. The van der Waals surface area contributed by atoms with E-state index < -0.39 is 10.0 Å². The molecule has 1 fully saturated rings. The van der Waals surface area contributed by atoms with Gasteiger partial charge in [-0.25, -0.2) is 13.4 Å². The Morgan fingerprint density at radius 2 is 1.92 bits per heavy atom. The van der Waals surface area contributed by atoms with Crippen LogP contribution in [0.3, 0.4) is 0 Å². The van der Waals surface area contributed by atoms with Crippen molar-refractivity contribution in [3.05, 3.63) is 71.0 Å². The Kier molecular flexibility index (Phi) is 7.27. The number of halogens is 1. The van der Waals surface area contributed by atoms with E-state index in [1.807, 2.05) is 24.3 Å². The molecule has 11 heteroatoms. The highest BCUT2D eigenvalue weighted by molar-refractivity contribution is 7.93. The third-order valence-electron chi connectivity index (χ3n) is 6.60. The smallest absolute Gasteiger partial charge is 0.263 e. The zero-order chi connectivity index (χ0) is 25.1. The van der Waals surface area contributed by atoms with Gasteiger partial charge in [-0.15, -0.1) is 0 Å². The first-order valence-corrected chi connectivity index (χ1v) is 14.4. The maximum atomic E-state index is 12.6. The number of hydrogen-bond donors (Lipinski definition) is 2. The minimum absolute atomic E-state index is 0.0693. The number of benzene rings is 2. The maximum absolute atomic E-state index is 12.6. The van der Waals surface area contributed by atoms with E-state index in [1.165, 1.54) is 6.33 Å². The molecule has 3 aromatic rings. The second-order valence-electron chi connectivity index (χ2n) is 8.92. The molecule has 8 nitrogen and oxygen atoms in total. The predicted molar refractivity (Wildman–Crippen MR) is 143 cm³/mol. The fraction of sp³-hybridized carbons (Fsp3) is 0.320. The molecule has 188 valence electrons. The van der Waals surface area contributed by atoms with Crippen molar-refractivity contribution in [2.24, 2.45) is 0 Å². The molecule has 2 heterocycles. The Bertz CT molecular complexity index is 1350. The van der Waals surface area contributed by atoms with E-state index in [0.717, 1.165) is 65.7 Å². The number of rotatable bonds is 8. The van der Waals surface area contributed by atoms with Crippen LogP contribution in [0.2, 0.25) is 5.02 Å². The van der Waals surface area contributed by atoms with Crippen LogP contribution in [0.25, 0.3) is 6.08 Å². The molecule has 1 aliphatic heterocycles. The Hall–Kier alpha value is -2.95. The van der Waals surface area contributed by atoms with Gasteiger partial charge in [0.15, 0.2) is 0 Å². The monoisotopic (exact) mass is 543 g/mol. The summed E-state index contributed by atoms with van der Waals surface area (Å²) in [5, 5.41) is 4.17. The van der Waals surface area contributed by atoms with Crippen molar-refractivity contribution < 1.29 is 13.2 Å². The number of nitrogens with zero attached hydrogens (tertiary/aromatic N) is 3. The number of carbonyl (C=O) groups is 1. The normalized spacial score (nSPS) is 17.7. The lowest BCUT2D eigenvalue weighted by Gasteiger charge is -2.34. The van der Waals surface area contributed by atoms with Crippen LogP contribution >= 0.6 is 23.1 Å². The zero-order valence-electron chi connectivity index (χ0n) is 19.4. The van der Waals surface area contributed by atoms with Gasteiger partial charge in [0.05, 0.1) is 4.90 Å². The number of carbonyl (C=O) groups excluding carboxylic acids is 1. The SMILES string of the molecule is O=C(CCC1C=Cc2cccc(Cl)c21)NC1CCN(c2ccc(S(=O)(=O)Nc3ncns3)cc2)CC1. The van der Waals surface area contributed by atoms with Gasteiger partial charge in [0, 0.05) is 53.7 Å². The lowest BCUT2D eigenvalue weighted by Crippen LogP contribution is -2.44. The number of piperidine rings is 1. The van der Waals surface area contributed by atoms with Crippen molar-refractivity contribution in [2.75, 3.05) is 22.7 Å². The van der Waals surface area contributed by atoms with E-state index in [1.54, 1.807) is 12.1 Å². The highest BCUT2D eigenvalue weighted by atomic mass is 35.5. The Balaban J connectivity index is 1.09. The molecule has 2 aliphatic rings. The number of amides is 1. The molecule has 1 saturated heterocycles. The van der Waals surface area contributed by atoms with E-state index >= 15 is 0 Å². The Labute approximate surface area is 219 Å². The minimum Gasteiger partial charge on any atom is -0.371 e. The largest absolute Gasteiger partial charge is 0.371 e. The molecule has 2 N–H and O–H groups in total. The molecule has 0 saturated carbocycles. The van der Waals surface area contributed by atoms with Gasteiger partial charge in [0.25, 0.3) is 10.0 Å². The van der Waals surface area contributed by atoms with Gasteiger partial charge in [0.2, 0.25) is 11.0 Å². The molecule has 1 amide bonds. The summed E-state index contributed by atoms with van der Waals surface area (Å²) < 4.78 is 31.3. The fourth-order valence-corrected chi connectivity index (χ4v) is 6.73. The molecule has 1 atom stereocenters. The van der Waals surface area contributed by atoms with Gasteiger partial charge in [-0.1, -0.05) is 35.9 Å². The quantitative estimate of drug-likeness (QED) is 0.428. The third-order valence-corrected chi connectivity index (χ3v) is 9.00. The maximum Gasteiger partial charge on any atom is 0.263 e. The summed E-state index contributed by atoms with van der Waals surface area (Å²) in [6.07, 6.45) is 8.38. The number of anilines is 2. The van der Waals surface area contributed by atoms with Crippen LogP contribution in [0.5, 0.6) is 0 Å². The van der Waals surface area contributed by atoms with Crippen molar-refractivity contribution in [1.29, 1.82) is 0 Å². The fourth-order valence-electron chi connectivity index (χ4n) is 4.74. The molecular weight excluding hydrogens is 518 g/mol. The molecule has 0 radical (unpaired) electrons. The van der Waals surface area contributed by atoms with Crippen LogP contribution < -0.4 is 14.9 Å². The Morgan fingerprint density at radius 3 is 2.64 bits per heavy atom. The van der Waals surface area contributed by atoms with E-state index in [-0.39, 0.29) is 27.9 Å². The van der Waals surface area contributed by atoms with E-state index in [0.29, 0.717) is 6.42 Å². The predicted octanol–water partition coefficient (Wildman–Crippen LogP) is 4.67. The molecule has 1 aliphatic carbocycles. The van der Waals surface area contributed by atoms with Gasteiger partial charge in [-0.3, -0.25) is 9.52 Å². The molecule has 0 bridgehead atoms. The summed E-state index contributed by atoms with van der Waals surface area (Å²) in [6, 6.07) is 12.8. The second-order valence-corrected chi connectivity index (χ2v) is 11.8. The minimum atomic E-state index is -3.70. The molecule has 2 aromatic carbocycles. The van der Waals surface area contributed by atoms with Gasteiger partial charge < -0.3 is 10.2 Å². The van der Waals surface area contributed by atoms with Gasteiger partial charge in [-0.2, -0.15) is 4.37 Å². The van der Waals surface area contributed by atoms with E-state index in [4.69, 9.17) is 11.6 Å². The molecule has 1 unspecified atom stereocenters. The summed E-state index contributed by atoms with van der Waals surface area (Å²) in [6.45, 7) is 1.57. The first-order chi connectivity index (χ1) is 17.4. The van der Waals surface area contributed by atoms with Gasteiger partial charge in [0.1, 0.15) is 6.33 Å². The number of sulfonamides is 1. The number of allylic oxidation sites excluding steroid dienone is 1. The number of aromatic nitrogens is 2. The lowest BCUT2D eigenvalue weighted by molar-refractivity contribution is -0.122. The topological polar surface area (TPSA) is 104 Å². The van der Waals surface area contributed by atoms with Crippen LogP contribution in [0.4, 0.5) is 10.8 Å². The highest BCUT2D eigenvalue weighted by Gasteiger charge is 2.24. The van der Waals surface area contributed by atoms with Crippen molar-refractivity contribution >= 4 is 56.0 Å². The van der Waals surface area contributed by atoms with Crippen LogP contribution in [-0.2, 0) is 14.8 Å². The Morgan fingerprint density at radius 1 is 1.14 bits per heavy atom. The van der Waals surface area contributed by atoms with E-state index in [9.17, 15) is 13.2 Å². The molecule has 0 spiro atoms. The molecular formula is C25H26ClN5O3S2. The summed E-state index contributed by atoms with van der Waals surface area (Å²) in [5.41, 5.74) is 3.22. The highest BCUT2D eigenvalue weighted by Crippen LogP contribution is 2.38. The standard InChI is InChI=1S/C25H26ClN5O3S2/c26-22-3-1-2-17-4-5-18(24(17)22)6-11-23(32)29-19-12-14-31(15-13-19)20-7-9-21(10-8-20)36(33,34)30-25-27-16-28-35-25/h1-5,7-10,16,18-19H,6,11-15H2,(H,29,32)(H,27,28,30). The van der Waals surface area contributed by atoms with Crippen LogP contribution in [0, 0.1) is 0 Å². The zero-order valence-corrected chi connectivity index (χ0v) is 21.8. The average Bonchev–Trinajstić information content (AvgIpc) is 3.53. The van der Waals surface area contributed by atoms with Crippen molar-refractivity contribution in [3.63, 3.8) is 0 Å². The summed E-state index contributed by atoms with van der Waals surface area (Å²) in [7, 11) is -3.70. The van der Waals surface area contributed by atoms with Crippen LogP contribution in [0.15, 0.2) is 59.8 Å². The van der Waals surface area contributed by atoms with Crippen molar-refractivity contribution in [1.82, 2.24) is 14.7 Å². The first kappa shape index (κ1) is 24.7. The van der Waals surface area contributed by atoms with Crippen molar-refractivity contribution in [2.45, 2.75) is 42.5 Å². The second kappa shape index (κ2) is 10.6. The molecule has 36 heavy (non-hydrogen) atoms. The molecule has 1 aromatic heterocycles. The third kappa shape index (κ3) is 5.55. The molecule has 5 rings (SSSR count).